The lowest BCUT2D eigenvalue weighted by molar-refractivity contribution is 0.406. The third kappa shape index (κ3) is 2.08. The minimum absolute atomic E-state index is 0.172. The zero-order valence-electron chi connectivity index (χ0n) is 9.63. The molecule has 1 atom stereocenters. The minimum Gasteiger partial charge on any atom is -0.496 e. The maximum atomic E-state index is 5.41. The first-order chi connectivity index (χ1) is 8.78. The van der Waals surface area contributed by atoms with Gasteiger partial charge in [0, 0.05) is 15.8 Å². The summed E-state index contributed by atoms with van der Waals surface area (Å²) in [6.07, 6.45) is 1.68. The second kappa shape index (κ2) is 4.81. The van der Waals surface area contributed by atoms with E-state index in [0.717, 1.165) is 26.7 Å². The highest BCUT2D eigenvalue weighted by atomic mass is 79.9. The molecule has 0 saturated carbocycles. The molecular weight excluding hydrogens is 316 g/mol. The normalized spacial score (nSPS) is 18.0. The number of benzene rings is 1. The van der Waals surface area contributed by atoms with Gasteiger partial charge < -0.3 is 10.2 Å². The number of aromatic nitrogens is 3. The Bertz CT molecular complexity index is 574. The van der Waals surface area contributed by atoms with Crippen molar-refractivity contribution in [3.05, 3.63) is 34.6 Å². The lowest BCUT2D eigenvalue weighted by Gasteiger charge is -2.26. The maximum Gasteiger partial charge on any atom is 0.209 e. The van der Waals surface area contributed by atoms with Gasteiger partial charge in [0.05, 0.1) is 13.2 Å². The second-order valence-electron chi connectivity index (χ2n) is 3.86. The summed E-state index contributed by atoms with van der Waals surface area (Å²) in [5.41, 5.74) is 4.49. The van der Waals surface area contributed by atoms with E-state index in [9.17, 15) is 0 Å². The highest BCUT2D eigenvalue weighted by Gasteiger charge is 2.23. The number of hydrogen-bond donors (Lipinski definition) is 1. The summed E-state index contributed by atoms with van der Waals surface area (Å²) in [5.74, 6) is 1.78. The highest BCUT2D eigenvalue weighted by molar-refractivity contribution is 9.10. The van der Waals surface area contributed by atoms with E-state index in [1.807, 2.05) is 16.8 Å². The Kier molecular flexibility index (Phi) is 3.17. The summed E-state index contributed by atoms with van der Waals surface area (Å²) in [6.45, 7) is 0. The largest absolute Gasteiger partial charge is 0.496 e. The van der Waals surface area contributed by atoms with Crippen LogP contribution in [0.3, 0.4) is 0 Å². The van der Waals surface area contributed by atoms with Gasteiger partial charge in [-0.2, -0.15) is 0 Å². The number of halogens is 1. The number of hydrogen-bond acceptors (Lipinski definition) is 5. The molecule has 0 amide bonds. The van der Waals surface area contributed by atoms with Crippen molar-refractivity contribution in [2.24, 2.45) is 0 Å². The molecule has 1 aromatic heterocycles. The monoisotopic (exact) mass is 326 g/mol. The van der Waals surface area contributed by atoms with Gasteiger partial charge in [-0.05, 0) is 18.2 Å². The van der Waals surface area contributed by atoms with Gasteiger partial charge in [0.25, 0.3) is 0 Å². The van der Waals surface area contributed by atoms with Crippen LogP contribution < -0.4 is 10.2 Å². The first kappa shape index (κ1) is 11.9. The predicted molar refractivity (Wildman–Crippen MR) is 73.5 cm³/mol. The van der Waals surface area contributed by atoms with Crippen LogP contribution in [0.4, 0.5) is 0 Å². The van der Waals surface area contributed by atoms with Gasteiger partial charge in [-0.3, -0.25) is 0 Å². The standard InChI is InChI=1S/C11H11BrN4OS/c1-17-10-3-2-7(12)4-8(10)9-5-18-11-14-13-6-16(11)15-9/h2-4,6,9,15H,5H2,1H3. The zero-order valence-corrected chi connectivity index (χ0v) is 12.0. The molecule has 5 nitrogen and oxygen atoms in total. The molecule has 3 rings (SSSR count). The van der Waals surface area contributed by atoms with Crippen molar-refractivity contribution >= 4 is 27.7 Å². The number of fused-ring (bicyclic) bond motifs is 1. The zero-order chi connectivity index (χ0) is 12.5. The highest BCUT2D eigenvalue weighted by Crippen LogP contribution is 2.34. The van der Waals surface area contributed by atoms with E-state index in [-0.39, 0.29) is 6.04 Å². The van der Waals surface area contributed by atoms with Crippen LogP contribution in [0.5, 0.6) is 5.75 Å². The Morgan fingerprint density at radius 3 is 3.28 bits per heavy atom. The molecule has 1 aliphatic heterocycles. The fourth-order valence-corrected chi connectivity index (χ4v) is 3.20. The molecule has 1 N–H and O–H groups in total. The molecular formula is C11H11BrN4OS. The van der Waals surface area contributed by atoms with Crippen molar-refractivity contribution in [2.75, 3.05) is 18.3 Å². The molecule has 94 valence electrons. The van der Waals surface area contributed by atoms with E-state index in [2.05, 4.69) is 37.6 Å². The Hall–Kier alpha value is -1.21. The molecule has 0 fully saturated rings. The van der Waals surface area contributed by atoms with Crippen LogP contribution >= 0.6 is 27.7 Å². The molecule has 1 unspecified atom stereocenters. The van der Waals surface area contributed by atoms with E-state index in [0.29, 0.717) is 0 Å². The first-order valence-electron chi connectivity index (χ1n) is 5.41. The summed E-state index contributed by atoms with van der Waals surface area (Å²) in [4.78, 5) is 0. The quantitative estimate of drug-likeness (QED) is 0.918. The number of nitrogens with one attached hydrogen (secondary N) is 1. The van der Waals surface area contributed by atoms with Gasteiger partial charge in [0.1, 0.15) is 12.1 Å². The van der Waals surface area contributed by atoms with Crippen LogP contribution in [0.15, 0.2) is 34.2 Å². The summed E-state index contributed by atoms with van der Waals surface area (Å²) in [7, 11) is 1.69. The van der Waals surface area contributed by atoms with Crippen molar-refractivity contribution in [3.63, 3.8) is 0 Å². The first-order valence-corrected chi connectivity index (χ1v) is 7.18. The third-order valence-corrected chi connectivity index (χ3v) is 4.29. The summed E-state index contributed by atoms with van der Waals surface area (Å²) in [5, 5.41) is 8.79. The van der Waals surface area contributed by atoms with Gasteiger partial charge in [-0.25, -0.2) is 4.68 Å². The molecule has 2 aromatic rings. The van der Waals surface area contributed by atoms with E-state index >= 15 is 0 Å². The molecule has 18 heavy (non-hydrogen) atoms. The average molecular weight is 327 g/mol. The fraction of sp³-hybridized carbons (Fsp3) is 0.273. The molecule has 0 radical (unpaired) electrons. The smallest absolute Gasteiger partial charge is 0.209 e. The van der Waals surface area contributed by atoms with Crippen LogP contribution in [0.25, 0.3) is 0 Å². The van der Waals surface area contributed by atoms with Crippen LogP contribution in [-0.2, 0) is 0 Å². The van der Waals surface area contributed by atoms with Gasteiger partial charge in [-0.15, -0.1) is 10.2 Å². The number of thioether (sulfide) groups is 1. The van der Waals surface area contributed by atoms with E-state index in [1.54, 1.807) is 25.2 Å². The Morgan fingerprint density at radius 2 is 2.44 bits per heavy atom. The molecule has 1 aromatic carbocycles. The fourth-order valence-electron chi connectivity index (χ4n) is 1.91. The maximum absolute atomic E-state index is 5.41. The molecule has 0 aliphatic carbocycles. The number of methoxy groups -OCH3 is 1. The number of nitrogens with zero attached hydrogens (tertiary/aromatic N) is 3. The molecule has 2 heterocycles. The van der Waals surface area contributed by atoms with Crippen molar-refractivity contribution < 1.29 is 4.74 Å². The minimum atomic E-state index is 0.172. The molecule has 0 saturated heterocycles. The van der Waals surface area contributed by atoms with Crippen LogP contribution in [0, 0.1) is 0 Å². The molecule has 0 spiro atoms. The topological polar surface area (TPSA) is 52.0 Å². The second-order valence-corrected chi connectivity index (χ2v) is 5.77. The number of ether oxygens (including phenoxy) is 1. The van der Waals surface area contributed by atoms with Gasteiger partial charge in [0.15, 0.2) is 0 Å². The van der Waals surface area contributed by atoms with E-state index in [4.69, 9.17) is 4.74 Å². The van der Waals surface area contributed by atoms with Crippen molar-refractivity contribution in [1.82, 2.24) is 14.9 Å². The van der Waals surface area contributed by atoms with E-state index < -0.39 is 0 Å². The summed E-state index contributed by atoms with van der Waals surface area (Å²) < 4.78 is 8.30. The molecule has 7 heteroatoms. The predicted octanol–water partition coefficient (Wildman–Crippen LogP) is 2.44. The van der Waals surface area contributed by atoms with Crippen LogP contribution in [-0.4, -0.2) is 27.7 Å². The van der Waals surface area contributed by atoms with Crippen LogP contribution in [0.2, 0.25) is 0 Å². The van der Waals surface area contributed by atoms with Gasteiger partial charge >= 0.3 is 0 Å². The summed E-state index contributed by atoms with van der Waals surface area (Å²) >= 11 is 5.17. The van der Waals surface area contributed by atoms with Crippen molar-refractivity contribution in [1.29, 1.82) is 0 Å². The Morgan fingerprint density at radius 1 is 1.56 bits per heavy atom. The average Bonchev–Trinajstić information content (AvgIpc) is 2.85. The lowest BCUT2D eigenvalue weighted by Crippen LogP contribution is -2.27. The summed E-state index contributed by atoms with van der Waals surface area (Å²) in [6, 6.07) is 6.19. The third-order valence-electron chi connectivity index (χ3n) is 2.76. The van der Waals surface area contributed by atoms with Gasteiger partial charge in [-0.1, -0.05) is 27.7 Å². The Labute approximate surface area is 117 Å². The van der Waals surface area contributed by atoms with Crippen LogP contribution in [0.1, 0.15) is 11.6 Å². The SMILES string of the molecule is COc1ccc(Br)cc1C1CSc2nncn2N1. The number of rotatable bonds is 2. The Balaban J connectivity index is 1.94. The molecule has 1 aliphatic rings. The van der Waals surface area contributed by atoms with Crippen molar-refractivity contribution in [3.8, 4) is 5.75 Å². The lowest BCUT2D eigenvalue weighted by atomic mass is 10.1. The van der Waals surface area contributed by atoms with Crippen molar-refractivity contribution in [2.45, 2.75) is 11.2 Å². The molecule has 0 bridgehead atoms. The van der Waals surface area contributed by atoms with E-state index in [1.165, 1.54) is 0 Å². The van der Waals surface area contributed by atoms with Gasteiger partial charge in [0.2, 0.25) is 5.16 Å².